The van der Waals surface area contributed by atoms with Crippen molar-refractivity contribution >= 4 is 22.2 Å². The normalized spacial score (nSPS) is 11.3. The van der Waals surface area contributed by atoms with Crippen molar-refractivity contribution in [3.8, 4) is 0 Å². The van der Waals surface area contributed by atoms with E-state index in [1.165, 1.54) is 0 Å². The molecule has 0 atom stereocenters. The van der Waals surface area contributed by atoms with E-state index >= 15 is 0 Å². The first-order chi connectivity index (χ1) is 5.93. The van der Waals surface area contributed by atoms with E-state index in [1.54, 1.807) is 0 Å². The molecule has 0 saturated carbocycles. The van der Waals surface area contributed by atoms with E-state index in [0.29, 0.717) is 11.3 Å². The average molecular weight is 159 g/mol. The van der Waals surface area contributed by atoms with Crippen LogP contribution in [0.15, 0.2) is 39.5 Å². The molecular formula is C9H5NO2. The van der Waals surface area contributed by atoms with Crippen LogP contribution in [0.25, 0.3) is 22.2 Å². The van der Waals surface area contributed by atoms with Crippen LogP contribution in [-0.2, 0) is 0 Å². The molecule has 0 amide bonds. The molecule has 0 spiro atoms. The molecule has 2 heterocycles. The van der Waals surface area contributed by atoms with Crippen LogP contribution in [0.3, 0.4) is 0 Å². The summed E-state index contributed by atoms with van der Waals surface area (Å²) in [5.74, 6) is 0. The van der Waals surface area contributed by atoms with Gasteiger partial charge in [-0.3, -0.25) is 9.15 Å². The summed E-state index contributed by atoms with van der Waals surface area (Å²) in [7, 11) is 0. The van der Waals surface area contributed by atoms with Crippen LogP contribution in [0.2, 0.25) is 0 Å². The Balaban J connectivity index is 2.55. The lowest BCUT2D eigenvalue weighted by atomic mass is 10.2. The van der Waals surface area contributed by atoms with Crippen LogP contribution < -0.4 is 0 Å². The van der Waals surface area contributed by atoms with Crippen molar-refractivity contribution in [2.75, 3.05) is 0 Å². The van der Waals surface area contributed by atoms with Gasteiger partial charge in [0, 0.05) is 11.5 Å². The van der Waals surface area contributed by atoms with E-state index in [1.807, 2.05) is 30.3 Å². The van der Waals surface area contributed by atoms with Crippen molar-refractivity contribution in [3.05, 3.63) is 30.3 Å². The third kappa shape index (κ3) is 0.625. The fourth-order valence-corrected chi connectivity index (χ4v) is 1.25. The first-order valence-corrected chi connectivity index (χ1v) is 3.68. The summed E-state index contributed by atoms with van der Waals surface area (Å²) >= 11 is 0. The number of nitrogens with zero attached hydrogens (tertiary/aromatic N) is 1. The van der Waals surface area contributed by atoms with E-state index < -0.39 is 0 Å². The maximum Gasteiger partial charge on any atom is 0.317 e. The Hall–Kier alpha value is -1.77. The summed E-state index contributed by atoms with van der Waals surface area (Å²) in [6.45, 7) is 0. The summed E-state index contributed by atoms with van der Waals surface area (Å²) < 4.78 is 9.40. The molecular weight excluding hydrogens is 154 g/mol. The second-order valence-electron chi connectivity index (χ2n) is 2.65. The van der Waals surface area contributed by atoms with Crippen LogP contribution in [0.1, 0.15) is 0 Å². The summed E-state index contributed by atoms with van der Waals surface area (Å²) in [4.78, 5) is 4.21. The highest BCUT2D eigenvalue weighted by Crippen LogP contribution is 2.21. The van der Waals surface area contributed by atoms with Crippen LogP contribution in [0.4, 0.5) is 0 Å². The second-order valence-corrected chi connectivity index (χ2v) is 2.65. The first kappa shape index (κ1) is 5.83. The molecule has 0 aliphatic rings. The lowest BCUT2D eigenvalue weighted by molar-refractivity contribution is 0.0553. The minimum absolute atomic E-state index is 0.578. The summed E-state index contributed by atoms with van der Waals surface area (Å²) in [6.07, 6.45) is 0. The second kappa shape index (κ2) is 1.88. The summed E-state index contributed by atoms with van der Waals surface area (Å²) in [6, 6.07) is 9.76. The maximum absolute atomic E-state index is 4.72. The monoisotopic (exact) mass is 159 g/mol. The molecule has 0 fully saturated rings. The number of aromatic nitrogens is 1. The van der Waals surface area contributed by atoms with E-state index in [-0.39, 0.29) is 0 Å². The van der Waals surface area contributed by atoms with Crippen molar-refractivity contribution in [2.24, 2.45) is 0 Å². The zero-order chi connectivity index (χ0) is 7.97. The Labute approximate surface area is 67.5 Å². The third-order valence-electron chi connectivity index (χ3n) is 1.87. The average Bonchev–Trinajstić information content (AvgIpc) is 2.09. The Bertz CT molecular complexity index is 486. The topological polar surface area (TPSA) is 39.2 Å². The molecule has 0 bridgehead atoms. The van der Waals surface area contributed by atoms with E-state index in [4.69, 9.17) is 4.58 Å². The van der Waals surface area contributed by atoms with Gasteiger partial charge in [-0.2, -0.15) is 0 Å². The summed E-state index contributed by atoms with van der Waals surface area (Å²) in [5, 5.41) is 1.07. The van der Waals surface area contributed by atoms with Gasteiger partial charge in [0.15, 0.2) is 0 Å². The fourth-order valence-electron chi connectivity index (χ4n) is 1.25. The quantitative estimate of drug-likeness (QED) is 0.473. The lowest BCUT2D eigenvalue weighted by Gasteiger charge is -1.98. The maximum atomic E-state index is 4.72. The Morgan fingerprint density at radius 2 is 2.00 bits per heavy atom. The zero-order valence-electron chi connectivity index (χ0n) is 6.15. The molecule has 0 N–H and O–H groups in total. The van der Waals surface area contributed by atoms with E-state index in [9.17, 15) is 0 Å². The predicted octanol–water partition coefficient (Wildman–Crippen LogP) is 2.57. The van der Waals surface area contributed by atoms with Gasteiger partial charge in [0.1, 0.15) is 0 Å². The number of fused-ring (bicyclic) bond motifs is 2. The van der Waals surface area contributed by atoms with Crippen LogP contribution in [-0.4, -0.2) is 4.98 Å². The molecule has 0 aliphatic carbocycles. The number of benzene rings is 1. The molecule has 12 heavy (non-hydrogen) atoms. The van der Waals surface area contributed by atoms with Crippen LogP contribution >= 0.6 is 0 Å². The molecule has 1 aromatic carbocycles. The van der Waals surface area contributed by atoms with Crippen molar-refractivity contribution in [1.82, 2.24) is 4.98 Å². The zero-order valence-corrected chi connectivity index (χ0v) is 6.15. The Kier molecular flexibility index (Phi) is 0.913. The fraction of sp³-hybridized carbons (Fsp3) is 0. The standard InChI is InChI=1S/C9H5NO2/c1-2-4-7-6(3-1)5-8-9(10-7)12-11-8/h1-5H. The van der Waals surface area contributed by atoms with Crippen molar-refractivity contribution in [3.63, 3.8) is 0 Å². The highest BCUT2D eigenvalue weighted by Gasteiger charge is 2.06. The van der Waals surface area contributed by atoms with Crippen molar-refractivity contribution < 1.29 is 9.15 Å². The molecule has 0 unspecified atom stereocenters. The lowest BCUT2D eigenvalue weighted by Crippen LogP contribution is -1.83. The number of pyridine rings is 1. The van der Waals surface area contributed by atoms with Gasteiger partial charge >= 0.3 is 5.71 Å². The van der Waals surface area contributed by atoms with Gasteiger partial charge in [-0.05, 0) is 6.07 Å². The van der Waals surface area contributed by atoms with Gasteiger partial charge < -0.3 is 0 Å². The van der Waals surface area contributed by atoms with Crippen molar-refractivity contribution in [1.29, 1.82) is 0 Å². The first-order valence-electron chi connectivity index (χ1n) is 3.68. The van der Waals surface area contributed by atoms with Gasteiger partial charge in [-0.15, -0.1) is 0 Å². The Morgan fingerprint density at radius 1 is 1.08 bits per heavy atom. The number of rotatable bonds is 0. The predicted molar refractivity (Wildman–Crippen MR) is 43.8 cm³/mol. The van der Waals surface area contributed by atoms with Gasteiger partial charge in [-0.1, -0.05) is 18.2 Å². The van der Waals surface area contributed by atoms with Gasteiger partial charge in [0.2, 0.25) is 5.58 Å². The number of para-hydroxylation sites is 1. The highest BCUT2D eigenvalue weighted by atomic mass is 17.0. The van der Waals surface area contributed by atoms with Gasteiger partial charge in [0.05, 0.1) is 5.52 Å². The molecule has 3 heteroatoms. The molecule has 2 aromatic heterocycles. The molecule has 3 rings (SSSR count). The molecule has 0 saturated heterocycles. The van der Waals surface area contributed by atoms with E-state index in [2.05, 4.69) is 9.56 Å². The molecule has 58 valence electrons. The molecule has 3 aromatic rings. The van der Waals surface area contributed by atoms with Gasteiger partial charge in [-0.25, -0.2) is 4.98 Å². The third-order valence-corrected chi connectivity index (χ3v) is 1.87. The molecule has 0 radical (unpaired) electrons. The molecule has 0 aliphatic heterocycles. The minimum atomic E-state index is 0.578. The van der Waals surface area contributed by atoms with E-state index in [0.717, 1.165) is 10.9 Å². The van der Waals surface area contributed by atoms with Crippen LogP contribution in [0.5, 0.6) is 0 Å². The molecule has 3 nitrogen and oxygen atoms in total. The Morgan fingerprint density at radius 3 is 2.83 bits per heavy atom. The van der Waals surface area contributed by atoms with Crippen molar-refractivity contribution in [2.45, 2.75) is 0 Å². The van der Waals surface area contributed by atoms with Gasteiger partial charge in [0.25, 0.3) is 0 Å². The largest absolute Gasteiger partial charge is 0.317 e. The summed E-state index contributed by atoms with van der Waals surface area (Å²) in [5.41, 5.74) is 2.22. The minimum Gasteiger partial charge on any atom is -0.282 e. The number of hydrogen-bond acceptors (Lipinski definition) is 3. The highest BCUT2D eigenvalue weighted by molar-refractivity contribution is 5.87. The number of hydrogen-bond donors (Lipinski definition) is 0. The SMILES string of the molecule is c1ccc2nc3ooc3cc2c1. The smallest absolute Gasteiger partial charge is 0.282 e. The van der Waals surface area contributed by atoms with Crippen LogP contribution in [0, 0.1) is 0 Å².